The van der Waals surface area contributed by atoms with Crippen LogP contribution in [-0.2, 0) is 9.53 Å². The summed E-state index contributed by atoms with van der Waals surface area (Å²) in [6, 6.07) is -0.126. The van der Waals surface area contributed by atoms with Crippen LogP contribution in [-0.4, -0.2) is 41.9 Å². The van der Waals surface area contributed by atoms with Gasteiger partial charge in [-0.3, -0.25) is 4.79 Å². The Morgan fingerprint density at radius 1 is 1.11 bits per heavy atom. The van der Waals surface area contributed by atoms with Gasteiger partial charge in [0.05, 0.1) is 11.6 Å². The minimum absolute atomic E-state index is 0.126. The first kappa shape index (κ1) is 29.1. The fraction of sp³-hybridized carbons (Fsp3) is 0.906. The van der Waals surface area contributed by atoms with E-state index < -0.39 is 5.60 Å². The molecule has 0 radical (unpaired) electrons. The first-order valence-electron chi connectivity index (χ1n) is 15.5. The standard InChI is InChI=1S/C32H56N2O3/c1-21(2)9-7-10-22(3)26-11-12-27-25-19-29(34-18-8-17-33)32(36)20-24(37-23(4)35)13-16-31(32,6)28(25)14-15-30(26,27)5/h19,21-22,24,26-29,34,36H,7-18,20,33H2,1-6H3/t22-,24+,26-,27+,28+,29-,30-,31-,32+/m1/s1. The molecule has 4 aliphatic rings. The number of nitrogens with two attached hydrogens (primary N) is 1. The lowest BCUT2D eigenvalue weighted by Crippen LogP contribution is -2.68. The molecule has 0 amide bonds. The average Bonchev–Trinajstić information content (AvgIpc) is 3.17. The number of hydrogen-bond donors (Lipinski definition) is 3. The summed E-state index contributed by atoms with van der Waals surface area (Å²) in [5, 5.41) is 16.2. The van der Waals surface area contributed by atoms with Crippen LogP contribution in [0.1, 0.15) is 112 Å². The van der Waals surface area contributed by atoms with Crippen LogP contribution in [0.3, 0.4) is 0 Å². The Hall–Kier alpha value is -0.910. The summed E-state index contributed by atoms with van der Waals surface area (Å²) in [7, 11) is 0. The molecule has 0 saturated heterocycles. The van der Waals surface area contributed by atoms with Crippen molar-refractivity contribution in [1.29, 1.82) is 0 Å². The number of carbonyl (C=O) groups is 1. The van der Waals surface area contributed by atoms with Crippen molar-refractivity contribution in [1.82, 2.24) is 5.32 Å². The van der Waals surface area contributed by atoms with Crippen molar-refractivity contribution in [3.05, 3.63) is 11.6 Å². The lowest BCUT2D eigenvalue weighted by Gasteiger charge is -2.63. The predicted molar refractivity (Wildman–Crippen MR) is 151 cm³/mol. The Labute approximate surface area is 226 Å². The van der Waals surface area contributed by atoms with E-state index in [4.69, 9.17) is 10.5 Å². The molecular formula is C32H56N2O3. The number of nitrogens with one attached hydrogen (secondary N) is 1. The summed E-state index contributed by atoms with van der Waals surface area (Å²) < 4.78 is 5.67. The zero-order valence-corrected chi connectivity index (χ0v) is 24.7. The molecule has 37 heavy (non-hydrogen) atoms. The number of rotatable bonds is 10. The number of aliphatic hydroxyl groups is 1. The molecule has 5 heteroatoms. The van der Waals surface area contributed by atoms with Crippen LogP contribution in [0.15, 0.2) is 11.6 Å². The first-order valence-corrected chi connectivity index (χ1v) is 15.5. The van der Waals surface area contributed by atoms with Crippen LogP contribution >= 0.6 is 0 Å². The largest absolute Gasteiger partial charge is 0.462 e. The average molecular weight is 517 g/mol. The SMILES string of the molecule is CC(=O)O[C@H]1CC[C@]2(C)[C@H]3CC[C@]4(C)[C@@H]([C@H](C)CCCC(C)C)CC[C@H]4C3=C[C@@H](NCCCN)[C@@]2(O)C1. The second-order valence-corrected chi connectivity index (χ2v) is 14.2. The van der Waals surface area contributed by atoms with Crippen LogP contribution in [0.4, 0.5) is 0 Å². The maximum atomic E-state index is 12.5. The lowest BCUT2D eigenvalue weighted by atomic mass is 9.45. The quantitative estimate of drug-likeness (QED) is 0.189. The van der Waals surface area contributed by atoms with Crippen molar-refractivity contribution in [2.45, 2.75) is 130 Å². The third kappa shape index (κ3) is 5.31. The molecule has 0 aliphatic heterocycles. The summed E-state index contributed by atoms with van der Waals surface area (Å²) in [4.78, 5) is 11.8. The van der Waals surface area contributed by atoms with Crippen LogP contribution < -0.4 is 11.1 Å². The van der Waals surface area contributed by atoms with Crippen molar-refractivity contribution in [2.24, 2.45) is 46.2 Å². The lowest BCUT2D eigenvalue weighted by molar-refractivity contribution is -0.192. The van der Waals surface area contributed by atoms with Gasteiger partial charge in [-0.05, 0) is 93.0 Å². The molecule has 5 nitrogen and oxygen atoms in total. The van der Waals surface area contributed by atoms with E-state index in [1.54, 1.807) is 5.57 Å². The van der Waals surface area contributed by atoms with Gasteiger partial charge in [-0.15, -0.1) is 0 Å². The normalized spacial score (nSPS) is 42.0. The molecule has 4 rings (SSSR count). The molecule has 4 aliphatic carbocycles. The maximum Gasteiger partial charge on any atom is 0.302 e. The van der Waals surface area contributed by atoms with Gasteiger partial charge < -0.3 is 20.9 Å². The smallest absolute Gasteiger partial charge is 0.302 e. The van der Waals surface area contributed by atoms with Crippen LogP contribution in [0.5, 0.6) is 0 Å². The number of ether oxygens (including phenoxy) is 1. The van der Waals surface area contributed by atoms with Crippen molar-refractivity contribution in [3.8, 4) is 0 Å². The molecule has 0 aromatic carbocycles. The highest BCUT2D eigenvalue weighted by atomic mass is 16.5. The second-order valence-electron chi connectivity index (χ2n) is 14.2. The molecule has 9 atom stereocenters. The molecule has 0 aromatic heterocycles. The van der Waals surface area contributed by atoms with E-state index >= 15 is 0 Å². The molecule has 4 N–H and O–H groups in total. The summed E-state index contributed by atoms with van der Waals surface area (Å²) in [5.41, 5.74) is 6.68. The number of carbonyl (C=O) groups excluding carboxylic acids is 1. The van der Waals surface area contributed by atoms with E-state index in [1.807, 2.05) is 0 Å². The van der Waals surface area contributed by atoms with E-state index in [2.05, 4.69) is 46.0 Å². The highest BCUT2D eigenvalue weighted by Crippen LogP contribution is 2.67. The summed E-state index contributed by atoms with van der Waals surface area (Å²) in [6.07, 6.45) is 14.5. The van der Waals surface area contributed by atoms with Crippen molar-refractivity contribution in [2.75, 3.05) is 13.1 Å². The fourth-order valence-corrected chi connectivity index (χ4v) is 9.51. The minimum Gasteiger partial charge on any atom is -0.462 e. The van der Waals surface area contributed by atoms with Gasteiger partial charge in [0.25, 0.3) is 0 Å². The molecule has 212 valence electrons. The number of fused-ring (bicyclic) bond motifs is 5. The maximum absolute atomic E-state index is 12.5. The zero-order chi connectivity index (χ0) is 27.0. The van der Waals surface area contributed by atoms with Gasteiger partial charge in [0.15, 0.2) is 0 Å². The molecular weight excluding hydrogens is 460 g/mol. The Bertz CT molecular complexity index is 842. The Morgan fingerprint density at radius 2 is 1.86 bits per heavy atom. The van der Waals surface area contributed by atoms with Crippen LogP contribution in [0.25, 0.3) is 0 Å². The molecule has 0 aromatic rings. The molecule has 0 bridgehead atoms. The first-order chi connectivity index (χ1) is 17.5. The summed E-state index contributed by atoms with van der Waals surface area (Å²) in [6.45, 7) is 15.1. The van der Waals surface area contributed by atoms with Crippen molar-refractivity contribution >= 4 is 5.97 Å². The van der Waals surface area contributed by atoms with E-state index in [1.165, 1.54) is 51.9 Å². The minimum atomic E-state index is -0.927. The topological polar surface area (TPSA) is 84.6 Å². The van der Waals surface area contributed by atoms with E-state index in [9.17, 15) is 9.90 Å². The van der Waals surface area contributed by atoms with Gasteiger partial charge in [0.2, 0.25) is 0 Å². The summed E-state index contributed by atoms with van der Waals surface area (Å²) in [5.74, 6) is 3.15. The third-order valence-corrected chi connectivity index (χ3v) is 11.5. The number of allylic oxidation sites excluding steroid dienone is 1. The Kier molecular flexibility index (Phi) is 8.88. The van der Waals surface area contributed by atoms with Crippen LogP contribution in [0.2, 0.25) is 0 Å². The van der Waals surface area contributed by atoms with E-state index in [0.29, 0.717) is 30.2 Å². The van der Waals surface area contributed by atoms with Crippen molar-refractivity contribution in [3.63, 3.8) is 0 Å². The summed E-state index contributed by atoms with van der Waals surface area (Å²) >= 11 is 0. The third-order valence-electron chi connectivity index (χ3n) is 11.5. The van der Waals surface area contributed by atoms with E-state index in [-0.39, 0.29) is 23.5 Å². The molecule has 3 fully saturated rings. The highest BCUT2D eigenvalue weighted by Gasteiger charge is 2.65. The Morgan fingerprint density at radius 3 is 2.54 bits per heavy atom. The monoisotopic (exact) mass is 516 g/mol. The van der Waals surface area contributed by atoms with Gasteiger partial charge >= 0.3 is 5.97 Å². The molecule has 0 spiro atoms. The van der Waals surface area contributed by atoms with Gasteiger partial charge in [0.1, 0.15) is 6.10 Å². The Balaban J connectivity index is 1.62. The molecule has 0 unspecified atom stereocenters. The van der Waals surface area contributed by atoms with Crippen LogP contribution in [0, 0.1) is 40.4 Å². The van der Waals surface area contributed by atoms with Gasteiger partial charge in [-0.25, -0.2) is 0 Å². The van der Waals surface area contributed by atoms with E-state index in [0.717, 1.165) is 43.6 Å². The fourth-order valence-electron chi connectivity index (χ4n) is 9.51. The van der Waals surface area contributed by atoms with Gasteiger partial charge in [-0.1, -0.05) is 65.5 Å². The van der Waals surface area contributed by atoms with Gasteiger partial charge in [-0.2, -0.15) is 0 Å². The number of esters is 1. The van der Waals surface area contributed by atoms with Gasteiger partial charge in [0, 0.05) is 18.8 Å². The van der Waals surface area contributed by atoms with Crippen molar-refractivity contribution < 1.29 is 14.6 Å². The molecule has 0 heterocycles. The highest BCUT2D eigenvalue weighted by molar-refractivity contribution is 5.66. The second kappa shape index (κ2) is 11.3. The predicted octanol–water partition coefficient (Wildman–Crippen LogP) is 5.99. The zero-order valence-electron chi connectivity index (χ0n) is 24.7. The number of hydrogen-bond acceptors (Lipinski definition) is 5. The molecule has 3 saturated carbocycles.